The molecule has 4 fully saturated rings. The molecule has 3 saturated carbocycles. The van der Waals surface area contributed by atoms with Crippen molar-refractivity contribution in [3.05, 3.63) is 11.6 Å². The van der Waals surface area contributed by atoms with Crippen LogP contribution in [0.5, 0.6) is 0 Å². The molecule has 36 heavy (non-hydrogen) atoms. The third kappa shape index (κ3) is 3.15. The van der Waals surface area contributed by atoms with Gasteiger partial charge in [0.15, 0.2) is 5.78 Å². The minimum atomic E-state index is -1.39. The zero-order valence-electron chi connectivity index (χ0n) is 22.1. The molecule has 0 bridgehead atoms. The van der Waals surface area contributed by atoms with Crippen LogP contribution in [-0.2, 0) is 9.53 Å². The Labute approximate surface area is 213 Å². The Balaban J connectivity index is 1.57. The molecule has 1 heterocycles. The molecule has 12 atom stereocenters. The zero-order chi connectivity index (χ0) is 26.6. The highest BCUT2D eigenvalue weighted by molar-refractivity contribution is 5.95. The van der Waals surface area contributed by atoms with Gasteiger partial charge in [-0.25, -0.2) is 0 Å². The van der Waals surface area contributed by atoms with Gasteiger partial charge in [0.05, 0.1) is 47.8 Å². The largest absolute Gasteiger partial charge is 0.393 e. The van der Waals surface area contributed by atoms with Gasteiger partial charge in [-0.1, -0.05) is 27.7 Å². The van der Waals surface area contributed by atoms with E-state index in [4.69, 9.17) is 4.74 Å². The van der Waals surface area contributed by atoms with Crippen LogP contribution in [0.15, 0.2) is 11.6 Å². The lowest BCUT2D eigenvalue weighted by Gasteiger charge is -2.62. The zero-order valence-corrected chi connectivity index (χ0v) is 22.1. The Hall–Kier alpha value is -0.870. The lowest BCUT2D eigenvalue weighted by Crippen LogP contribution is -2.66. The predicted octanol–water partition coefficient (Wildman–Crippen LogP) is 1.09. The number of hydrogen-bond acceptors (Lipinski definition) is 8. The number of aliphatic hydroxyl groups excluding tert-OH is 5. The molecular weight excluding hydrogens is 464 g/mol. The number of ketones is 1. The molecule has 0 amide bonds. The summed E-state index contributed by atoms with van der Waals surface area (Å²) in [4.78, 5) is 13.4. The number of ether oxygens (including phenoxy) is 1. The van der Waals surface area contributed by atoms with Gasteiger partial charge in [0.2, 0.25) is 0 Å². The summed E-state index contributed by atoms with van der Waals surface area (Å²) in [5.74, 6) is -1.58. The van der Waals surface area contributed by atoms with E-state index < -0.39 is 63.9 Å². The quantitative estimate of drug-likeness (QED) is 0.332. The van der Waals surface area contributed by atoms with Gasteiger partial charge in [-0.2, -0.15) is 0 Å². The van der Waals surface area contributed by atoms with Crippen molar-refractivity contribution in [2.75, 3.05) is 6.61 Å². The minimum absolute atomic E-state index is 0.0305. The second-order valence-electron chi connectivity index (χ2n) is 13.6. The number of carbonyl (C=O) groups is 1. The van der Waals surface area contributed by atoms with Gasteiger partial charge in [-0.15, -0.1) is 0 Å². The first-order valence-corrected chi connectivity index (χ1v) is 13.6. The van der Waals surface area contributed by atoms with Crippen LogP contribution >= 0.6 is 0 Å². The summed E-state index contributed by atoms with van der Waals surface area (Å²) in [6, 6.07) is 0. The van der Waals surface area contributed by atoms with Crippen LogP contribution in [0, 0.1) is 34.5 Å². The van der Waals surface area contributed by atoms with E-state index in [0.717, 1.165) is 0 Å². The van der Waals surface area contributed by atoms with Crippen LogP contribution in [0.2, 0.25) is 0 Å². The monoisotopic (exact) mass is 508 g/mol. The first kappa shape index (κ1) is 26.7. The van der Waals surface area contributed by atoms with E-state index in [-0.39, 0.29) is 49.9 Å². The summed E-state index contributed by atoms with van der Waals surface area (Å²) in [6.45, 7) is 9.38. The van der Waals surface area contributed by atoms with Gasteiger partial charge in [0.1, 0.15) is 0 Å². The molecule has 6 N–H and O–H groups in total. The molecule has 0 radical (unpaired) electrons. The van der Waals surface area contributed by atoms with E-state index in [2.05, 4.69) is 0 Å². The molecular formula is C28H44O8. The molecule has 8 heteroatoms. The Kier molecular flexibility index (Phi) is 5.99. The molecule has 0 unspecified atom stereocenters. The summed E-state index contributed by atoms with van der Waals surface area (Å²) in [6.07, 6.45) is -0.455. The second-order valence-corrected chi connectivity index (χ2v) is 13.6. The Morgan fingerprint density at radius 3 is 2.28 bits per heavy atom. The van der Waals surface area contributed by atoms with E-state index in [1.807, 2.05) is 34.6 Å². The van der Waals surface area contributed by atoms with Crippen molar-refractivity contribution >= 4 is 5.78 Å². The molecule has 5 aliphatic rings. The molecule has 5 rings (SSSR count). The van der Waals surface area contributed by atoms with Crippen LogP contribution in [0.1, 0.15) is 73.1 Å². The van der Waals surface area contributed by atoms with E-state index in [9.17, 15) is 35.4 Å². The molecule has 1 saturated heterocycles. The number of rotatable bonds is 3. The lowest BCUT2D eigenvalue weighted by atomic mass is 9.45. The fourth-order valence-electron chi connectivity index (χ4n) is 9.42. The number of hydrogen-bond donors (Lipinski definition) is 6. The minimum Gasteiger partial charge on any atom is -0.393 e. The van der Waals surface area contributed by atoms with Gasteiger partial charge < -0.3 is 35.4 Å². The van der Waals surface area contributed by atoms with Crippen molar-refractivity contribution in [3.8, 4) is 0 Å². The summed E-state index contributed by atoms with van der Waals surface area (Å²) >= 11 is 0. The van der Waals surface area contributed by atoms with Crippen LogP contribution in [0.3, 0.4) is 0 Å². The van der Waals surface area contributed by atoms with Gasteiger partial charge in [0, 0.05) is 23.7 Å². The van der Waals surface area contributed by atoms with Gasteiger partial charge in [-0.05, 0) is 67.9 Å². The maximum atomic E-state index is 13.4. The number of fused-ring (bicyclic) bond motifs is 5. The van der Waals surface area contributed by atoms with E-state index in [1.165, 1.54) is 6.08 Å². The first-order chi connectivity index (χ1) is 16.6. The summed E-state index contributed by atoms with van der Waals surface area (Å²) < 4.78 is 6.59. The van der Waals surface area contributed by atoms with Crippen molar-refractivity contribution < 1.29 is 40.2 Å². The molecule has 0 aromatic rings. The highest BCUT2D eigenvalue weighted by atomic mass is 16.6. The average Bonchev–Trinajstić information content (AvgIpc) is 3.21. The molecule has 0 aromatic carbocycles. The van der Waals surface area contributed by atoms with Crippen molar-refractivity contribution in [1.82, 2.24) is 0 Å². The Morgan fingerprint density at radius 1 is 1.03 bits per heavy atom. The van der Waals surface area contributed by atoms with Crippen molar-refractivity contribution in [1.29, 1.82) is 0 Å². The third-order valence-electron chi connectivity index (χ3n) is 11.7. The van der Waals surface area contributed by atoms with Crippen LogP contribution in [-0.4, -0.2) is 84.2 Å². The standard InChI is InChI=1S/C28H44O8/c1-14(2)27(13-29)12-22(34)26(5,36-27)21-6-7-28(35)16-9-17(30)15-8-18(31)19(32)10-24(15,3)23(16)20(33)11-25(21,28)4/h9,14-15,18-23,29,31-35H,6-8,10-13H2,1-5H3/t15-,18+,19-,20+,21-,22-,23+,24-,25+,26+,27+,28+/m0/s1. The SMILES string of the molecule is CC(C)[C@]1(CO)C[C@H](O)[C@@](C)([C@H]2CC[C@@]3(O)C4=CC(=O)[C@@H]5C[C@@H](O)[C@@H](O)C[C@]5(C)[C@H]4[C@H](O)C[C@]23C)O1. The third-order valence-corrected chi connectivity index (χ3v) is 11.7. The average molecular weight is 509 g/mol. The van der Waals surface area contributed by atoms with Crippen LogP contribution < -0.4 is 0 Å². The maximum absolute atomic E-state index is 13.4. The lowest BCUT2D eigenvalue weighted by molar-refractivity contribution is -0.216. The van der Waals surface area contributed by atoms with E-state index in [1.54, 1.807) is 0 Å². The summed E-state index contributed by atoms with van der Waals surface area (Å²) in [7, 11) is 0. The molecule has 204 valence electrons. The molecule has 8 nitrogen and oxygen atoms in total. The van der Waals surface area contributed by atoms with Gasteiger partial charge in [0.25, 0.3) is 0 Å². The number of aliphatic hydroxyl groups is 6. The van der Waals surface area contributed by atoms with Crippen LogP contribution in [0.25, 0.3) is 0 Å². The fraction of sp³-hybridized carbons (Fsp3) is 0.893. The van der Waals surface area contributed by atoms with Gasteiger partial charge in [-0.3, -0.25) is 4.79 Å². The molecule has 0 aromatic heterocycles. The fourth-order valence-corrected chi connectivity index (χ4v) is 9.42. The maximum Gasteiger partial charge on any atom is 0.159 e. The normalized spacial score (nSPS) is 56.8. The van der Waals surface area contributed by atoms with E-state index in [0.29, 0.717) is 18.4 Å². The van der Waals surface area contributed by atoms with Crippen molar-refractivity contribution in [2.24, 2.45) is 34.5 Å². The van der Waals surface area contributed by atoms with E-state index >= 15 is 0 Å². The predicted molar refractivity (Wildman–Crippen MR) is 131 cm³/mol. The van der Waals surface area contributed by atoms with Gasteiger partial charge >= 0.3 is 0 Å². The Morgan fingerprint density at radius 2 is 1.69 bits per heavy atom. The van der Waals surface area contributed by atoms with Crippen LogP contribution in [0.4, 0.5) is 0 Å². The van der Waals surface area contributed by atoms with Crippen molar-refractivity contribution in [2.45, 2.75) is 114 Å². The highest BCUT2D eigenvalue weighted by Gasteiger charge is 2.73. The summed E-state index contributed by atoms with van der Waals surface area (Å²) in [5.41, 5.74) is -4.47. The number of allylic oxidation sites excluding steroid dienone is 1. The summed E-state index contributed by atoms with van der Waals surface area (Å²) in [5, 5.41) is 66.4. The van der Waals surface area contributed by atoms with Crippen molar-refractivity contribution in [3.63, 3.8) is 0 Å². The molecule has 0 spiro atoms. The smallest absolute Gasteiger partial charge is 0.159 e. The highest BCUT2D eigenvalue weighted by Crippen LogP contribution is 2.70. The Bertz CT molecular complexity index is 965. The molecule has 4 aliphatic carbocycles. The first-order valence-electron chi connectivity index (χ1n) is 13.6. The topological polar surface area (TPSA) is 148 Å². The second kappa shape index (κ2) is 8.07. The number of carbonyl (C=O) groups excluding carboxylic acids is 1. The molecule has 1 aliphatic heterocycles.